The van der Waals surface area contributed by atoms with Gasteiger partial charge in [0, 0.05) is 12.8 Å². The monoisotopic (exact) mass is 345 g/mol. The van der Waals surface area contributed by atoms with E-state index in [9.17, 15) is 32.7 Å². The molecule has 1 aliphatic carbocycles. The summed E-state index contributed by atoms with van der Waals surface area (Å²) in [5.41, 5.74) is -0.256. The molecule has 1 aromatic rings. The van der Waals surface area contributed by atoms with E-state index >= 15 is 0 Å². The predicted octanol–water partition coefficient (Wildman–Crippen LogP) is 1.22. The molecule has 24 heavy (non-hydrogen) atoms. The molecule has 0 unspecified atom stereocenters. The Balaban J connectivity index is 2.04. The summed E-state index contributed by atoms with van der Waals surface area (Å²) in [4.78, 5) is 33.1. The van der Waals surface area contributed by atoms with Gasteiger partial charge in [0.1, 0.15) is 11.9 Å². The molecule has 1 saturated carbocycles. The number of ketones is 1. The van der Waals surface area contributed by atoms with Crippen molar-refractivity contribution in [3.05, 3.63) is 29.6 Å². The number of hydrogen-bond donors (Lipinski definition) is 0. The van der Waals surface area contributed by atoms with Crippen LogP contribution in [0.5, 0.6) is 5.75 Å². The summed E-state index contributed by atoms with van der Waals surface area (Å²) in [5.74, 6) is -6.04. The van der Waals surface area contributed by atoms with Crippen LogP contribution in [0.2, 0.25) is 0 Å². The number of rotatable bonds is 5. The molecule has 0 N–H and O–H groups in total. The van der Waals surface area contributed by atoms with E-state index in [-0.39, 0.29) is 24.2 Å². The van der Waals surface area contributed by atoms with E-state index in [1.165, 1.54) is 0 Å². The third-order valence-corrected chi connectivity index (χ3v) is 3.41. The lowest BCUT2D eigenvalue weighted by Gasteiger charge is -2.21. The number of carbonyl (C=O) groups excluding carboxylic acids is 3. The van der Waals surface area contributed by atoms with Crippen molar-refractivity contribution >= 4 is 17.7 Å². The van der Waals surface area contributed by atoms with E-state index in [1.807, 2.05) is 0 Å². The Bertz CT molecular complexity index is 663. The molecule has 2 rings (SSSR count). The van der Waals surface area contributed by atoms with Crippen molar-refractivity contribution in [2.24, 2.45) is 0 Å². The average Bonchev–Trinajstić information content (AvgIpc) is 2.51. The van der Waals surface area contributed by atoms with Crippen molar-refractivity contribution in [1.82, 2.24) is 0 Å². The quantitative estimate of drug-likeness (QED) is 0.745. The number of esters is 1. The first kappa shape index (κ1) is 17.8. The molecule has 130 valence electrons. The zero-order valence-electron chi connectivity index (χ0n) is 12.2. The number of aliphatic carboxylic acids is 1. The number of alkyl halides is 2. The highest BCUT2D eigenvalue weighted by atomic mass is 19.3. The predicted molar refractivity (Wildman–Crippen MR) is 69.7 cm³/mol. The van der Waals surface area contributed by atoms with Crippen molar-refractivity contribution in [1.29, 1.82) is 0 Å². The van der Waals surface area contributed by atoms with Crippen molar-refractivity contribution < 1.29 is 42.1 Å². The number of carbonyl (C=O) groups is 3. The minimum atomic E-state index is -4.71. The molecule has 0 amide bonds. The van der Waals surface area contributed by atoms with Crippen LogP contribution in [-0.2, 0) is 14.3 Å². The zero-order chi connectivity index (χ0) is 17.9. The molecule has 1 aromatic carbocycles. The number of carboxylic acid groups (broad SMARTS) is 1. The molecule has 1 aliphatic rings. The van der Waals surface area contributed by atoms with Crippen LogP contribution in [0, 0.1) is 5.82 Å². The van der Waals surface area contributed by atoms with Gasteiger partial charge in [-0.1, -0.05) is 0 Å². The Hall–Kier alpha value is -2.58. The minimum Gasteiger partial charge on any atom is -0.541 e. The number of Topliss-reactive ketones (excluding diaryl/α,β-unsaturated/α-hetero) is 1. The average molecular weight is 345 g/mol. The molecule has 0 atom stereocenters. The lowest BCUT2D eigenvalue weighted by atomic mass is 9.96. The van der Waals surface area contributed by atoms with Gasteiger partial charge in [-0.15, -0.1) is 0 Å². The second kappa shape index (κ2) is 6.90. The molecule has 0 spiro atoms. The Morgan fingerprint density at radius 2 is 1.83 bits per heavy atom. The summed E-state index contributed by atoms with van der Waals surface area (Å²) in [7, 11) is 0. The summed E-state index contributed by atoms with van der Waals surface area (Å²) >= 11 is 0. The standard InChI is InChI=1S/C15H13F3O6/c16-11-7-8(1-6-12(11)24-15(17,18)14(21)22)13(20)23-10-4-2-9(19)3-5-10/h1,6-7,10H,2-5H2,(H,21,22)/p-1. The normalized spacial score (nSPS) is 15.9. The van der Waals surface area contributed by atoms with Gasteiger partial charge in [-0.3, -0.25) is 4.79 Å². The van der Waals surface area contributed by atoms with Crippen molar-refractivity contribution in [3.8, 4) is 5.75 Å². The second-order valence-electron chi connectivity index (χ2n) is 5.19. The van der Waals surface area contributed by atoms with Gasteiger partial charge < -0.3 is 19.4 Å². The fourth-order valence-corrected chi connectivity index (χ4v) is 2.14. The zero-order valence-corrected chi connectivity index (χ0v) is 12.2. The number of carboxylic acids is 1. The molecule has 0 aromatic heterocycles. The smallest absolute Gasteiger partial charge is 0.441 e. The number of hydrogen-bond acceptors (Lipinski definition) is 6. The van der Waals surface area contributed by atoms with Crippen molar-refractivity contribution in [2.75, 3.05) is 0 Å². The highest BCUT2D eigenvalue weighted by molar-refractivity contribution is 5.90. The van der Waals surface area contributed by atoms with Gasteiger partial charge in [0.2, 0.25) is 0 Å². The molecular weight excluding hydrogens is 333 g/mol. The van der Waals surface area contributed by atoms with Crippen LogP contribution in [-0.4, -0.2) is 29.9 Å². The maximum absolute atomic E-state index is 13.7. The molecular formula is C15H12F3O6-. The Labute approximate surface area is 134 Å². The summed E-state index contributed by atoms with van der Waals surface area (Å²) in [5, 5.41) is 10.1. The minimum absolute atomic E-state index is 0.0729. The van der Waals surface area contributed by atoms with Crippen LogP contribution < -0.4 is 9.84 Å². The third-order valence-electron chi connectivity index (χ3n) is 3.41. The first-order chi connectivity index (χ1) is 11.2. The van der Waals surface area contributed by atoms with Crippen LogP contribution in [0.25, 0.3) is 0 Å². The first-order valence-corrected chi connectivity index (χ1v) is 6.99. The molecule has 0 heterocycles. The maximum atomic E-state index is 13.7. The topological polar surface area (TPSA) is 92.7 Å². The van der Waals surface area contributed by atoms with Gasteiger partial charge in [0.15, 0.2) is 17.5 Å². The van der Waals surface area contributed by atoms with Gasteiger partial charge >= 0.3 is 12.1 Å². The Kier molecular flexibility index (Phi) is 5.10. The first-order valence-electron chi connectivity index (χ1n) is 6.99. The number of benzene rings is 1. The number of ether oxygens (including phenoxy) is 2. The van der Waals surface area contributed by atoms with E-state index in [1.54, 1.807) is 0 Å². The van der Waals surface area contributed by atoms with E-state index in [4.69, 9.17) is 4.74 Å². The molecule has 0 aliphatic heterocycles. The lowest BCUT2D eigenvalue weighted by Crippen LogP contribution is -2.45. The molecule has 0 saturated heterocycles. The second-order valence-corrected chi connectivity index (χ2v) is 5.19. The van der Waals surface area contributed by atoms with Gasteiger partial charge in [-0.25, -0.2) is 9.18 Å². The molecule has 9 heteroatoms. The third kappa shape index (κ3) is 4.24. The van der Waals surface area contributed by atoms with Crippen LogP contribution >= 0.6 is 0 Å². The maximum Gasteiger partial charge on any atom is 0.441 e. The highest BCUT2D eigenvalue weighted by Crippen LogP contribution is 2.26. The van der Waals surface area contributed by atoms with Gasteiger partial charge in [0.05, 0.1) is 5.56 Å². The summed E-state index contributed by atoms with van der Waals surface area (Å²) in [6, 6.07) is 2.24. The Morgan fingerprint density at radius 3 is 2.38 bits per heavy atom. The van der Waals surface area contributed by atoms with Gasteiger partial charge in [-0.05, 0) is 31.0 Å². The highest BCUT2D eigenvalue weighted by Gasteiger charge is 2.35. The Morgan fingerprint density at radius 1 is 1.21 bits per heavy atom. The van der Waals surface area contributed by atoms with E-state index in [2.05, 4.69) is 4.74 Å². The van der Waals surface area contributed by atoms with Crippen LogP contribution in [0.1, 0.15) is 36.0 Å². The van der Waals surface area contributed by atoms with Crippen molar-refractivity contribution in [2.45, 2.75) is 37.9 Å². The van der Waals surface area contributed by atoms with E-state index in [0.717, 1.165) is 6.07 Å². The molecule has 6 nitrogen and oxygen atoms in total. The molecule has 1 fully saturated rings. The van der Waals surface area contributed by atoms with Gasteiger partial charge in [0.25, 0.3) is 0 Å². The SMILES string of the molecule is O=C1CCC(OC(=O)c2ccc(OC(F)(F)C(=O)[O-])c(F)c2)CC1. The summed E-state index contributed by atoms with van der Waals surface area (Å²) < 4.78 is 48.2. The lowest BCUT2D eigenvalue weighted by molar-refractivity contribution is -0.350. The van der Waals surface area contributed by atoms with Crippen LogP contribution in [0.15, 0.2) is 18.2 Å². The summed E-state index contributed by atoms with van der Waals surface area (Å²) in [6.45, 7) is 0. The van der Waals surface area contributed by atoms with E-state index < -0.39 is 35.7 Å². The van der Waals surface area contributed by atoms with Crippen LogP contribution in [0.3, 0.4) is 0 Å². The molecule has 0 radical (unpaired) electrons. The van der Waals surface area contributed by atoms with Gasteiger partial charge in [-0.2, -0.15) is 8.78 Å². The van der Waals surface area contributed by atoms with E-state index in [0.29, 0.717) is 25.0 Å². The molecule has 0 bridgehead atoms. The fraction of sp³-hybridized carbons (Fsp3) is 0.400. The summed E-state index contributed by atoms with van der Waals surface area (Å²) in [6.07, 6.45) is -3.87. The largest absolute Gasteiger partial charge is 0.541 e. The fourth-order valence-electron chi connectivity index (χ4n) is 2.14. The van der Waals surface area contributed by atoms with Crippen LogP contribution in [0.4, 0.5) is 13.2 Å². The van der Waals surface area contributed by atoms with Crippen molar-refractivity contribution in [3.63, 3.8) is 0 Å². The number of halogens is 3.